The Balaban J connectivity index is 1.93. The van der Waals surface area contributed by atoms with Gasteiger partial charge in [0.1, 0.15) is 6.10 Å². The van der Waals surface area contributed by atoms with Gasteiger partial charge in [0.15, 0.2) is 0 Å². The minimum atomic E-state index is 0.256. The van der Waals surface area contributed by atoms with E-state index in [0.29, 0.717) is 12.2 Å². The van der Waals surface area contributed by atoms with Gasteiger partial charge < -0.3 is 4.74 Å². The third-order valence-electron chi connectivity index (χ3n) is 2.66. The zero-order valence-electron chi connectivity index (χ0n) is 9.60. The van der Waals surface area contributed by atoms with E-state index in [9.17, 15) is 0 Å². The van der Waals surface area contributed by atoms with Crippen LogP contribution in [0.5, 0.6) is 0 Å². The van der Waals surface area contributed by atoms with E-state index in [4.69, 9.17) is 4.74 Å². The van der Waals surface area contributed by atoms with Gasteiger partial charge in [0.05, 0.1) is 6.10 Å². The fourth-order valence-electron chi connectivity index (χ4n) is 1.74. The molecule has 0 amide bonds. The third kappa shape index (κ3) is 2.69. The fraction of sp³-hybridized carbons (Fsp3) is 0.429. The molecule has 0 saturated carbocycles. The van der Waals surface area contributed by atoms with Crippen molar-refractivity contribution in [1.82, 2.24) is 0 Å². The van der Waals surface area contributed by atoms with Gasteiger partial charge in [-0.2, -0.15) is 0 Å². The predicted octanol–water partition coefficient (Wildman–Crippen LogP) is 3.51. The summed E-state index contributed by atoms with van der Waals surface area (Å²) in [6.07, 6.45) is 4.99. The summed E-state index contributed by atoms with van der Waals surface area (Å²) in [6, 6.07) is 10.3. The van der Waals surface area contributed by atoms with E-state index < -0.39 is 0 Å². The van der Waals surface area contributed by atoms with E-state index in [1.54, 1.807) is 0 Å². The maximum absolute atomic E-state index is 5.62. The van der Waals surface area contributed by atoms with Gasteiger partial charge in [0.25, 0.3) is 0 Å². The number of ether oxygens (including phenoxy) is 1. The Morgan fingerprint density at radius 1 is 1.13 bits per heavy atom. The first-order valence-corrected chi connectivity index (χ1v) is 5.46. The molecular weight excluding hydrogens is 184 g/mol. The van der Waals surface area contributed by atoms with Gasteiger partial charge in [-0.15, -0.1) is 0 Å². The number of benzene rings is 1. The Bertz CT molecular complexity index is 345. The monoisotopic (exact) mass is 202 g/mol. The number of hydrogen-bond acceptors (Lipinski definition) is 1. The van der Waals surface area contributed by atoms with E-state index >= 15 is 0 Å². The van der Waals surface area contributed by atoms with Crippen molar-refractivity contribution in [2.24, 2.45) is 5.41 Å². The zero-order chi connectivity index (χ0) is 10.9. The quantitative estimate of drug-likeness (QED) is 0.668. The predicted molar refractivity (Wildman–Crippen MR) is 63.6 cm³/mol. The number of rotatable bonds is 2. The van der Waals surface area contributed by atoms with Crippen molar-refractivity contribution < 1.29 is 4.74 Å². The Morgan fingerprint density at radius 3 is 2.33 bits per heavy atom. The second-order valence-corrected chi connectivity index (χ2v) is 5.16. The lowest BCUT2D eigenvalue weighted by Gasteiger charge is -2.13. The average molecular weight is 202 g/mol. The van der Waals surface area contributed by atoms with Crippen molar-refractivity contribution in [3.05, 3.63) is 42.0 Å². The standard InChI is InChI=1S/C14H18O/c1-14(2,3)13-12(15-13)10-9-11-7-5-4-6-8-11/h4-10,12-13H,1-3H3/b10-9+/t12-,13+/m1/s1. The molecule has 1 aliphatic rings. The molecule has 0 aliphatic carbocycles. The lowest BCUT2D eigenvalue weighted by Crippen LogP contribution is -2.15. The van der Waals surface area contributed by atoms with Crippen LogP contribution in [0.25, 0.3) is 6.08 Å². The summed E-state index contributed by atoms with van der Waals surface area (Å²) in [7, 11) is 0. The highest BCUT2D eigenvalue weighted by atomic mass is 16.6. The van der Waals surface area contributed by atoms with Crippen LogP contribution >= 0.6 is 0 Å². The Morgan fingerprint density at radius 2 is 1.80 bits per heavy atom. The molecule has 1 aromatic rings. The van der Waals surface area contributed by atoms with Gasteiger partial charge in [-0.3, -0.25) is 0 Å². The summed E-state index contributed by atoms with van der Waals surface area (Å²) in [4.78, 5) is 0. The molecule has 1 heterocycles. The van der Waals surface area contributed by atoms with Crippen molar-refractivity contribution in [3.63, 3.8) is 0 Å². The highest BCUT2D eigenvalue weighted by molar-refractivity contribution is 5.50. The largest absolute Gasteiger partial charge is 0.365 e. The highest BCUT2D eigenvalue weighted by Gasteiger charge is 2.45. The van der Waals surface area contributed by atoms with Gasteiger partial charge >= 0.3 is 0 Å². The van der Waals surface area contributed by atoms with Crippen molar-refractivity contribution in [3.8, 4) is 0 Å². The molecule has 15 heavy (non-hydrogen) atoms. The van der Waals surface area contributed by atoms with Gasteiger partial charge in [-0.1, -0.05) is 63.3 Å². The maximum atomic E-state index is 5.62. The number of hydrogen-bond donors (Lipinski definition) is 0. The second-order valence-electron chi connectivity index (χ2n) is 5.16. The lowest BCUT2D eigenvalue weighted by atomic mass is 9.90. The van der Waals surface area contributed by atoms with Crippen LogP contribution < -0.4 is 0 Å². The summed E-state index contributed by atoms with van der Waals surface area (Å²) in [5.41, 5.74) is 1.49. The van der Waals surface area contributed by atoms with Crippen LogP contribution in [-0.4, -0.2) is 12.2 Å². The molecule has 0 spiro atoms. The first-order valence-electron chi connectivity index (χ1n) is 5.46. The van der Waals surface area contributed by atoms with Gasteiger partial charge in [-0.25, -0.2) is 0 Å². The van der Waals surface area contributed by atoms with Gasteiger partial charge in [-0.05, 0) is 11.0 Å². The molecule has 80 valence electrons. The fourth-order valence-corrected chi connectivity index (χ4v) is 1.74. The molecule has 1 saturated heterocycles. The Kier molecular flexibility index (Phi) is 2.66. The summed E-state index contributed by atoms with van der Waals surface area (Å²) in [6.45, 7) is 6.65. The van der Waals surface area contributed by atoms with Crippen LogP contribution in [0.3, 0.4) is 0 Å². The van der Waals surface area contributed by atoms with E-state index in [1.807, 2.05) is 6.07 Å². The maximum Gasteiger partial charge on any atom is 0.103 e. The zero-order valence-corrected chi connectivity index (χ0v) is 9.60. The summed E-state index contributed by atoms with van der Waals surface area (Å²) in [5, 5.41) is 0. The molecule has 1 nitrogen and oxygen atoms in total. The summed E-state index contributed by atoms with van der Waals surface area (Å²) >= 11 is 0. The van der Waals surface area contributed by atoms with Crippen LogP contribution in [0, 0.1) is 5.41 Å². The number of epoxide rings is 1. The first kappa shape index (κ1) is 10.4. The van der Waals surface area contributed by atoms with E-state index in [1.165, 1.54) is 5.56 Å². The van der Waals surface area contributed by atoms with Crippen LogP contribution in [-0.2, 0) is 4.74 Å². The van der Waals surface area contributed by atoms with Crippen LogP contribution in [0.4, 0.5) is 0 Å². The minimum absolute atomic E-state index is 0.256. The van der Waals surface area contributed by atoms with E-state index in [0.717, 1.165) is 0 Å². The van der Waals surface area contributed by atoms with E-state index in [-0.39, 0.29) is 5.41 Å². The molecule has 1 aromatic carbocycles. The third-order valence-corrected chi connectivity index (χ3v) is 2.66. The van der Waals surface area contributed by atoms with Gasteiger partial charge in [0.2, 0.25) is 0 Å². The smallest absolute Gasteiger partial charge is 0.103 e. The second kappa shape index (κ2) is 3.82. The molecule has 0 radical (unpaired) electrons. The average Bonchev–Trinajstić information content (AvgIpc) is 2.95. The molecule has 0 N–H and O–H groups in total. The molecule has 2 rings (SSSR count). The van der Waals surface area contributed by atoms with Crippen LogP contribution in [0.15, 0.2) is 36.4 Å². The first-order chi connectivity index (χ1) is 7.07. The highest BCUT2D eigenvalue weighted by Crippen LogP contribution is 2.38. The minimum Gasteiger partial charge on any atom is -0.365 e. The normalized spacial score (nSPS) is 25.8. The molecule has 0 unspecified atom stereocenters. The van der Waals surface area contributed by atoms with Gasteiger partial charge in [0, 0.05) is 0 Å². The molecule has 1 fully saturated rings. The van der Waals surface area contributed by atoms with Crippen LogP contribution in [0.1, 0.15) is 26.3 Å². The van der Waals surface area contributed by atoms with Crippen molar-refractivity contribution >= 4 is 6.08 Å². The molecule has 0 aromatic heterocycles. The molecule has 2 atom stereocenters. The van der Waals surface area contributed by atoms with Crippen molar-refractivity contribution in [2.45, 2.75) is 33.0 Å². The molecule has 1 aliphatic heterocycles. The van der Waals surface area contributed by atoms with E-state index in [2.05, 4.69) is 57.2 Å². The Hall–Kier alpha value is -1.08. The molecular formula is C14H18O. The van der Waals surface area contributed by atoms with Crippen molar-refractivity contribution in [1.29, 1.82) is 0 Å². The van der Waals surface area contributed by atoms with Crippen LogP contribution in [0.2, 0.25) is 0 Å². The molecule has 0 bridgehead atoms. The lowest BCUT2D eigenvalue weighted by molar-refractivity contribution is 0.263. The Labute approximate surface area is 91.8 Å². The summed E-state index contributed by atoms with van der Waals surface area (Å²) < 4.78 is 5.62. The topological polar surface area (TPSA) is 12.5 Å². The summed E-state index contributed by atoms with van der Waals surface area (Å²) in [5.74, 6) is 0. The SMILES string of the molecule is CC(C)(C)[C@H]1O[C@@H]1/C=C/c1ccccc1. The molecule has 1 heteroatoms. The van der Waals surface area contributed by atoms with Crippen molar-refractivity contribution in [2.75, 3.05) is 0 Å².